The molecule has 3 aliphatic rings. The fraction of sp³-hybridized carbons (Fsp3) is 0.370. The molecule has 5 heterocycles. The van der Waals surface area contributed by atoms with Crippen LogP contribution in [0.2, 0.25) is 0 Å². The maximum Gasteiger partial charge on any atom is 0.414 e. The van der Waals surface area contributed by atoms with Gasteiger partial charge in [0.1, 0.15) is 30.0 Å². The molecule has 0 N–H and O–H groups in total. The number of fused-ring (bicyclic) bond motifs is 1. The van der Waals surface area contributed by atoms with Gasteiger partial charge in [-0.1, -0.05) is 11.3 Å². The van der Waals surface area contributed by atoms with Gasteiger partial charge in [0.05, 0.1) is 36.7 Å². The van der Waals surface area contributed by atoms with Crippen molar-refractivity contribution < 1.29 is 13.9 Å². The van der Waals surface area contributed by atoms with Crippen LogP contribution in [0, 0.1) is 29.0 Å². The lowest BCUT2D eigenvalue weighted by atomic mass is 9.95. The van der Waals surface area contributed by atoms with Crippen molar-refractivity contribution in [3.63, 3.8) is 0 Å². The molecule has 4 atom stereocenters. The minimum absolute atomic E-state index is 0.237. The number of cyclic esters (lactones) is 1. The van der Waals surface area contributed by atoms with Crippen LogP contribution in [0.5, 0.6) is 0 Å². The van der Waals surface area contributed by atoms with Crippen LogP contribution in [0.15, 0.2) is 61.6 Å². The van der Waals surface area contributed by atoms with Crippen LogP contribution in [0.3, 0.4) is 0 Å². The van der Waals surface area contributed by atoms with Gasteiger partial charge in [0, 0.05) is 61.5 Å². The highest BCUT2D eigenvalue weighted by atomic mass is 19.1. The molecule has 40 heavy (non-hydrogen) atoms. The Morgan fingerprint density at radius 3 is 2.58 bits per heavy atom. The summed E-state index contributed by atoms with van der Waals surface area (Å²) >= 11 is 0. The first-order chi connectivity index (χ1) is 19.5. The summed E-state index contributed by atoms with van der Waals surface area (Å²) in [6.45, 7) is 4.03. The number of piperidine rings is 1. The molecule has 13 heteroatoms. The molecule has 7 rings (SSSR count). The highest BCUT2D eigenvalue weighted by molar-refractivity contribution is 5.90. The smallest absolute Gasteiger partial charge is 0.414 e. The van der Waals surface area contributed by atoms with Crippen molar-refractivity contribution in [1.82, 2.24) is 39.6 Å². The van der Waals surface area contributed by atoms with Crippen molar-refractivity contribution in [2.75, 3.05) is 31.1 Å². The molecule has 0 unspecified atom stereocenters. The SMILES string of the molecule is N#C[C@]1(c2ccc(-c3ccc(N4C[C@H](Cn5ccnn5)OC4=O)cc3F)cn2)[C@@H]2CN(CCn3cnnc3)C[C@@H]21. The van der Waals surface area contributed by atoms with E-state index in [0.29, 0.717) is 23.4 Å². The lowest BCUT2D eigenvalue weighted by Crippen LogP contribution is -2.32. The number of rotatable bonds is 8. The van der Waals surface area contributed by atoms with E-state index in [1.54, 1.807) is 48.1 Å². The standard InChI is InChI=1S/C27H25FN10O2/c28-24-9-19(38-12-20(40-26(38)39)11-37-6-5-31-34-37)2-3-21(24)18-1-4-25(30-10-18)27(15-29)22-13-35(14-23(22)27)7-8-36-16-32-33-17-36/h1-6,9-10,16-17,20,22-23H,7-8,11-14H2/t20-,22-,23+,27+/m0/s1. The number of aromatic nitrogens is 7. The van der Waals surface area contributed by atoms with E-state index in [1.165, 1.54) is 11.0 Å². The maximum absolute atomic E-state index is 15.2. The molecule has 3 fully saturated rings. The van der Waals surface area contributed by atoms with Gasteiger partial charge in [-0.15, -0.1) is 15.3 Å². The van der Waals surface area contributed by atoms with Crippen LogP contribution in [-0.2, 0) is 23.2 Å². The number of ether oxygens (including phenoxy) is 1. The number of anilines is 1. The van der Waals surface area contributed by atoms with Crippen LogP contribution in [0.4, 0.5) is 14.9 Å². The first-order valence-electron chi connectivity index (χ1n) is 13.1. The number of nitrogens with zero attached hydrogens (tertiary/aromatic N) is 10. The minimum Gasteiger partial charge on any atom is -0.442 e. The van der Waals surface area contributed by atoms with Gasteiger partial charge < -0.3 is 14.2 Å². The average Bonchev–Trinajstić information content (AvgIpc) is 3.64. The number of hydrogen-bond acceptors (Lipinski definition) is 9. The second-order valence-electron chi connectivity index (χ2n) is 10.5. The number of nitriles is 1. The second-order valence-corrected chi connectivity index (χ2v) is 10.5. The minimum atomic E-state index is -0.590. The monoisotopic (exact) mass is 540 g/mol. The quantitative estimate of drug-likeness (QED) is 0.330. The van der Waals surface area contributed by atoms with E-state index in [1.807, 2.05) is 16.7 Å². The summed E-state index contributed by atoms with van der Waals surface area (Å²) in [5.41, 5.74) is 1.54. The normalized spacial score (nSPS) is 25.6. The van der Waals surface area contributed by atoms with E-state index >= 15 is 4.39 Å². The molecule has 12 nitrogen and oxygen atoms in total. The molecular weight excluding hydrogens is 515 g/mol. The summed E-state index contributed by atoms with van der Waals surface area (Å²) in [4.78, 5) is 20.8. The number of carbonyl (C=O) groups is 1. The molecule has 2 aliphatic heterocycles. The molecule has 1 amide bonds. The predicted octanol–water partition coefficient (Wildman–Crippen LogP) is 2.12. The zero-order valence-electron chi connectivity index (χ0n) is 21.4. The zero-order valence-corrected chi connectivity index (χ0v) is 21.4. The van der Waals surface area contributed by atoms with Crippen LogP contribution >= 0.6 is 0 Å². The predicted molar refractivity (Wildman–Crippen MR) is 138 cm³/mol. The van der Waals surface area contributed by atoms with Crippen molar-refractivity contribution in [3.8, 4) is 17.2 Å². The third kappa shape index (κ3) is 4.08. The Balaban J connectivity index is 1.01. The molecule has 3 aromatic heterocycles. The van der Waals surface area contributed by atoms with E-state index in [0.717, 1.165) is 31.9 Å². The van der Waals surface area contributed by atoms with Gasteiger partial charge in [0.15, 0.2) is 0 Å². The molecule has 1 aliphatic carbocycles. The zero-order chi connectivity index (χ0) is 27.3. The Morgan fingerprint density at radius 1 is 1.07 bits per heavy atom. The van der Waals surface area contributed by atoms with E-state index < -0.39 is 23.4 Å². The summed E-state index contributed by atoms with van der Waals surface area (Å²) in [5, 5.41) is 25.4. The maximum atomic E-state index is 15.2. The number of benzene rings is 1. The van der Waals surface area contributed by atoms with Gasteiger partial charge in [-0.3, -0.25) is 9.88 Å². The number of likely N-dealkylation sites (tertiary alicyclic amines) is 1. The second kappa shape index (κ2) is 9.49. The number of hydrogen-bond donors (Lipinski definition) is 0. The van der Waals surface area contributed by atoms with Gasteiger partial charge in [0.25, 0.3) is 0 Å². The van der Waals surface area contributed by atoms with Crippen LogP contribution < -0.4 is 4.90 Å². The van der Waals surface area contributed by atoms with Crippen molar-refractivity contribution in [3.05, 3.63) is 73.1 Å². The molecule has 202 valence electrons. The number of carbonyl (C=O) groups excluding carboxylic acids is 1. The summed E-state index contributed by atoms with van der Waals surface area (Å²) in [6, 6.07) is 10.9. The first-order valence-corrected chi connectivity index (χ1v) is 13.1. The molecule has 2 saturated heterocycles. The van der Waals surface area contributed by atoms with Gasteiger partial charge in [-0.2, -0.15) is 5.26 Å². The number of halogens is 1. The van der Waals surface area contributed by atoms with Crippen molar-refractivity contribution in [2.45, 2.75) is 24.6 Å². The summed E-state index contributed by atoms with van der Waals surface area (Å²) < 4.78 is 24.2. The fourth-order valence-corrected chi connectivity index (χ4v) is 6.16. The van der Waals surface area contributed by atoms with E-state index in [-0.39, 0.29) is 18.4 Å². The van der Waals surface area contributed by atoms with Gasteiger partial charge >= 0.3 is 6.09 Å². The van der Waals surface area contributed by atoms with Gasteiger partial charge in [-0.05, 0) is 24.3 Å². The lowest BCUT2D eigenvalue weighted by molar-refractivity contribution is 0.129. The number of amides is 1. The molecule has 1 aromatic carbocycles. The Hall–Kier alpha value is -4.70. The summed E-state index contributed by atoms with van der Waals surface area (Å²) in [5.74, 6) is 0.00404. The van der Waals surface area contributed by atoms with Crippen LogP contribution in [0.25, 0.3) is 11.1 Å². The lowest BCUT2D eigenvalue weighted by Gasteiger charge is -2.22. The molecular formula is C27H25FN10O2. The Bertz CT molecular complexity index is 1560. The van der Waals surface area contributed by atoms with Crippen LogP contribution in [-0.4, -0.2) is 78.0 Å². The topological polar surface area (TPSA) is 131 Å². The molecule has 1 saturated carbocycles. The Labute approximate surface area is 228 Å². The highest BCUT2D eigenvalue weighted by Gasteiger charge is 2.70. The molecule has 0 spiro atoms. The Kier molecular flexibility index (Phi) is 5.78. The van der Waals surface area contributed by atoms with E-state index in [9.17, 15) is 10.1 Å². The van der Waals surface area contributed by atoms with Crippen LogP contribution in [0.1, 0.15) is 5.69 Å². The number of pyridine rings is 1. The Morgan fingerprint density at radius 2 is 1.90 bits per heavy atom. The van der Waals surface area contributed by atoms with Crippen molar-refractivity contribution in [1.29, 1.82) is 5.26 Å². The van der Waals surface area contributed by atoms with E-state index in [2.05, 4.69) is 36.5 Å². The van der Waals surface area contributed by atoms with Gasteiger partial charge in [0.2, 0.25) is 0 Å². The third-order valence-corrected chi connectivity index (χ3v) is 8.28. The first kappa shape index (κ1) is 24.3. The molecule has 4 aromatic rings. The largest absolute Gasteiger partial charge is 0.442 e. The molecule has 0 radical (unpaired) electrons. The summed E-state index contributed by atoms with van der Waals surface area (Å²) in [6.07, 6.45) is 7.34. The molecule has 0 bridgehead atoms. The van der Waals surface area contributed by atoms with Crippen molar-refractivity contribution in [2.24, 2.45) is 11.8 Å². The third-order valence-electron chi connectivity index (χ3n) is 8.28. The highest BCUT2D eigenvalue weighted by Crippen LogP contribution is 2.62. The summed E-state index contributed by atoms with van der Waals surface area (Å²) in [7, 11) is 0. The van der Waals surface area contributed by atoms with Crippen molar-refractivity contribution >= 4 is 11.8 Å². The fourth-order valence-electron chi connectivity index (χ4n) is 6.16. The average molecular weight is 541 g/mol. The van der Waals surface area contributed by atoms with Gasteiger partial charge in [-0.25, -0.2) is 13.9 Å². The van der Waals surface area contributed by atoms with E-state index in [4.69, 9.17) is 4.74 Å².